The van der Waals surface area contributed by atoms with Gasteiger partial charge in [-0.2, -0.15) is 0 Å². The van der Waals surface area contributed by atoms with Crippen molar-refractivity contribution in [3.8, 4) is 0 Å². The SMILES string of the molecule is O=C(CF)CNC(=O)C1CC(O)CN1C(=O)CNC(=O)OCc1ccccc1. The van der Waals surface area contributed by atoms with Gasteiger partial charge in [0.1, 0.15) is 25.9 Å². The van der Waals surface area contributed by atoms with Crippen molar-refractivity contribution in [2.24, 2.45) is 0 Å². The maximum atomic E-state index is 12.3. The third-order valence-corrected chi connectivity index (χ3v) is 4.11. The van der Waals surface area contributed by atoms with Gasteiger partial charge in [-0.1, -0.05) is 30.3 Å². The molecule has 0 bridgehead atoms. The Balaban J connectivity index is 1.81. The van der Waals surface area contributed by atoms with Crippen molar-refractivity contribution in [3.05, 3.63) is 35.9 Å². The number of alkyl carbamates (subject to hydrolysis) is 1. The topological polar surface area (TPSA) is 125 Å². The van der Waals surface area contributed by atoms with E-state index in [1.54, 1.807) is 24.3 Å². The number of β-amino-alcohol motifs (C(OH)–C–C–N with tert-alkyl or cyclic N) is 1. The number of likely N-dealkylation sites (tertiary alicyclic amines) is 1. The second kappa shape index (κ2) is 10.4. The molecule has 28 heavy (non-hydrogen) atoms. The number of benzene rings is 1. The fourth-order valence-electron chi connectivity index (χ4n) is 2.71. The Morgan fingerprint density at radius 1 is 1.14 bits per heavy atom. The van der Waals surface area contributed by atoms with Crippen LogP contribution in [0, 0.1) is 0 Å². The van der Waals surface area contributed by atoms with Gasteiger partial charge in [0.25, 0.3) is 0 Å². The normalized spacial score (nSPS) is 18.4. The Kier molecular flexibility index (Phi) is 7.88. The molecule has 0 spiro atoms. The van der Waals surface area contributed by atoms with Crippen LogP contribution in [0.1, 0.15) is 12.0 Å². The number of rotatable bonds is 8. The fraction of sp³-hybridized carbons (Fsp3) is 0.444. The van der Waals surface area contributed by atoms with Crippen LogP contribution in [0.5, 0.6) is 0 Å². The van der Waals surface area contributed by atoms with Gasteiger partial charge in [-0.05, 0) is 5.56 Å². The van der Waals surface area contributed by atoms with Gasteiger partial charge in [0.2, 0.25) is 11.8 Å². The molecule has 3 N–H and O–H groups in total. The van der Waals surface area contributed by atoms with E-state index in [1.807, 2.05) is 6.07 Å². The molecule has 1 aromatic carbocycles. The number of ketones is 1. The van der Waals surface area contributed by atoms with Crippen molar-refractivity contribution in [3.63, 3.8) is 0 Å². The van der Waals surface area contributed by atoms with E-state index in [1.165, 1.54) is 0 Å². The van der Waals surface area contributed by atoms with Crippen molar-refractivity contribution in [1.82, 2.24) is 15.5 Å². The highest BCUT2D eigenvalue weighted by Crippen LogP contribution is 2.18. The minimum absolute atomic E-state index is 0.0140. The molecule has 152 valence electrons. The van der Waals surface area contributed by atoms with Gasteiger partial charge >= 0.3 is 6.09 Å². The van der Waals surface area contributed by atoms with Crippen LogP contribution in [0.2, 0.25) is 0 Å². The second-order valence-electron chi connectivity index (χ2n) is 6.26. The second-order valence-corrected chi connectivity index (χ2v) is 6.26. The molecule has 0 aromatic heterocycles. The first-order chi connectivity index (χ1) is 13.4. The van der Waals surface area contributed by atoms with E-state index in [9.17, 15) is 28.7 Å². The molecular weight excluding hydrogens is 373 g/mol. The van der Waals surface area contributed by atoms with Gasteiger partial charge in [-0.3, -0.25) is 14.4 Å². The number of aliphatic hydroxyl groups is 1. The predicted molar refractivity (Wildman–Crippen MR) is 94.7 cm³/mol. The van der Waals surface area contributed by atoms with Crippen molar-refractivity contribution < 1.29 is 33.4 Å². The van der Waals surface area contributed by atoms with Crippen LogP contribution in [0.15, 0.2) is 30.3 Å². The summed E-state index contributed by atoms with van der Waals surface area (Å²) in [6, 6.07) is 7.97. The Morgan fingerprint density at radius 2 is 1.86 bits per heavy atom. The quantitative estimate of drug-likeness (QED) is 0.547. The Hall–Kier alpha value is -3.01. The molecule has 0 saturated carbocycles. The first-order valence-corrected chi connectivity index (χ1v) is 8.68. The van der Waals surface area contributed by atoms with Gasteiger partial charge in [0, 0.05) is 13.0 Å². The number of hydrogen-bond acceptors (Lipinski definition) is 6. The van der Waals surface area contributed by atoms with Crippen molar-refractivity contribution in [2.75, 3.05) is 26.3 Å². The number of carbonyl (C=O) groups is 4. The van der Waals surface area contributed by atoms with E-state index < -0.39 is 55.6 Å². The number of nitrogens with zero attached hydrogens (tertiary/aromatic N) is 1. The molecule has 0 aliphatic carbocycles. The maximum Gasteiger partial charge on any atom is 0.407 e. The standard InChI is InChI=1S/C18H22FN3O6/c19-7-14(24)8-20-17(26)15-6-13(23)10-22(15)16(25)9-21-18(27)28-11-12-4-2-1-3-5-12/h1-5,13,15,23H,6-11H2,(H,20,26)(H,21,27). The van der Waals surface area contributed by atoms with E-state index in [4.69, 9.17) is 4.74 Å². The number of halogens is 1. The Labute approximate surface area is 160 Å². The molecule has 10 heteroatoms. The van der Waals surface area contributed by atoms with Gasteiger partial charge in [-0.25, -0.2) is 9.18 Å². The number of nitrogens with one attached hydrogen (secondary N) is 2. The van der Waals surface area contributed by atoms with Crippen LogP contribution in [-0.2, 0) is 25.7 Å². The molecule has 1 aliphatic heterocycles. The number of alkyl halides is 1. The summed E-state index contributed by atoms with van der Waals surface area (Å²) < 4.78 is 17.2. The lowest BCUT2D eigenvalue weighted by molar-refractivity contribution is -0.138. The van der Waals surface area contributed by atoms with Crippen LogP contribution in [0.25, 0.3) is 0 Å². The van der Waals surface area contributed by atoms with E-state index in [0.29, 0.717) is 0 Å². The smallest absolute Gasteiger partial charge is 0.407 e. The monoisotopic (exact) mass is 395 g/mol. The molecule has 2 unspecified atom stereocenters. The first-order valence-electron chi connectivity index (χ1n) is 8.68. The Bertz CT molecular complexity index is 715. The van der Waals surface area contributed by atoms with Crippen LogP contribution in [0.4, 0.5) is 9.18 Å². The summed E-state index contributed by atoms with van der Waals surface area (Å²) >= 11 is 0. The number of hydrogen-bond donors (Lipinski definition) is 3. The summed E-state index contributed by atoms with van der Waals surface area (Å²) in [5.41, 5.74) is 0.784. The van der Waals surface area contributed by atoms with Crippen LogP contribution >= 0.6 is 0 Å². The summed E-state index contributed by atoms with van der Waals surface area (Å²) in [6.45, 7) is -2.17. The molecule has 1 saturated heterocycles. The maximum absolute atomic E-state index is 12.3. The summed E-state index contributed by atoms with van der Waals surface area (Å²) in [6.07, 6.45) is -1.73. The summed E-state index contributed by atoms with van der Waals surface area (Å²) in [7, 11) is 0. The van der Waals surface area contributed by atoms with Crippen LogP contribution in [0.3, 0.4) is 0 Å². The average Bonchev–Trinajstić information content (AvgIpc) is 3.11. The molecular formula is C18H22FN3O6. The molecule has 3 amide bonds. The van der Waals surface area contributed by atoms with Gasteiger partial charge in [-0.15, -0.1) is 0 Å². The Morgan fingerprint density at radius 3 is 2.54 bits per heavy atom. The average molecular weight is 395 g/mol. The lowest BCUT2D eigenvalue weighted by Gasteiger charge is -2.23. The van der Waals surface area contributed by atoms with Crippen molar-refractivity contribution in [2.45, 2.75) is 25.2 Å². The summed E-state index contributed by atoms with van der Waals surface area (Å²) in [5.74, 6) is -2.06. The minimum Gasteiger partial charge on any atom is -0.445 e. The highest BCUT2D eigenvalue weighted by Gasteiger charge is 2.38. The molecule has 2 atom stereocenters. The van der Waals surface area contributed by atoms with E-state index in [0.717, 1.165) is 10.5 Å². The van der Waals surface area contributed by atoms with Crippen LogP contribution < -0.4 is 10.6 Å². The predicted octanol–water partition coefficient (Wildman–Crippen LogP) is -0.471. The zero-order valence-electron chi connectivity index (χ0n) is 15.1. The minimum atomic E-state index is -1.20. The highest BCUT2D eigenvalue weighted by molar-refractivity contribution is 5.92. The molecule has 1 aromatic rings. The van der Waals surface area contributed by atoms with Gasteiger partial charge in [0.15, 0.2) is 5.78 Å². The molecule has 2 rings (SSSR count). The van der Waals surface area contributed by atoms with Crippen LogP contribution in [-0.4, -0.2) is 72.2 Å². The number of carbonyl (C=O) groups excluding carboxylic acids is 4. The van der Waals surface area contributed by atoms with E-state index >= 15 is 0 Å². The first kappa shape index (κ1) is 21.3. The third-order valence-electron chi connectivity index (χ3n) is 4.11. The molecule has 9 nitrogen and oxygen atoms in total. The molecule has 0 radical (unpaired) electrons. The number of amides is 3. The van der Waals surface area contributed by atoms with E-state index in [2.05, 4.69) is 10.6 Å². The molecule has 1 aliphatic rings. The molecule has 1 fully saturated rings. The third kappa shape index (κ3) is 6.31. The zero-order valence-corrected chi connectivity index (χ0v) is 15.1. The van der Waals surface area contributed by atoms with Crippen molar-refractivity contribution in [1.29, 1.82) is 0 Å². The van der Waals surface area contributed by atoms with Gasteiger partial charge < -0.3 is 25.4 Å². The van der Waals surface area contributed by atoms with E-state index in [-0.39, 0.29) is 19.6 Å². The fourth-order valence-corrected chi connectivity index (χ4v) is 2.71. The molecule has 1 heterocycles. The summed E-state index contributed by atoms with van der Waals surface area (Å²) in [5, 5.41) is 14.3. The lowest BCUT2D eigenvalue weighted by atomic mass is 10.2. The summed E-state index contributed by atoms with van der Waals surface area (Å²) in [4.78, 5) is 48.2. The zero-order chi connectivity index (χ0) is 20.5. The van der Waals surface area contributed by atoms with Crippen molar-refractivity contribution >= 4 is 23.7 Å². The lowest BCUT2D eigenvalue weighted by Crippen LogP contribution is -2.49. The number of Topliss-reactive ketones (excluding diaryl/α,β-unsaturated/α-hetero) is 1. The highest BCUT2D eigenvalue weighted by atomic mass is 19.1. The van der Waals surface area contributed by atoms with Gasteiger partial charge in [0.05, 0.1) is 12.6 Å². The number of ether oxygens (including phenoxy) is 1. The number of aliphatic hydroxyl groups excluding tert-OH is 1. The largest absolute Gasteiger partial charge is 0.445 e.